The van der Waals surface area contributed by atoms with Crippen LogP contribution in [0.15, 0.2) is 29.2 Å². The number of nitrogens with zero attached hydrogens (tertiary/aromatic N) is 1. The number of benzene rings is 1. The summed E-state index contributed by atoms with van der Waals surface area (Å²) in [6.07, 6.45) is 2.44. The molecule has 20 heavy (non-hydrogen) atoms. The van der Waals surface area contributed by atoms with Crippen LogP contribution in [0.1, 0.15) is 32.8 Å². The number of fused-ring (bicyclic) bond motifs is 1. The van der Waals surface area contributed by atoms with E-state index >= 15 is 0 Å². The van der Waals surface area contributed by atoms with Gasteiger partial charge in [0, 0.05) is 41.4 Å². The van der Waals surface area contributed by atoms with E-state index in [1.54, 1.807) is 5.56 Å². The minimum atomic E-state index is 0.294. The summed E-state index contributed by atoms with van der Waals surface area (Å²) in [6, 6.07) is 9.55. The van der Waals surface area contributed by atoms with Crippen LogP contribution in [0, 0.1) is 0 Å². The van der Waals surface area contributed by atoms with Crippen molar-refractivity contribution in [2.75, 3.05) is 19.6 Å². The molecule has 1 saturated heterocycles. The molecule has 3 unspecified atom stereocenters. The van der Waals surface area contributed by atoms with Gasteiger partial charge < -0.3 is 5.32 Å². The maximum atomic E-state index is 3.72. The Kier molecular flexibility index (Phi) is 4.11. The second kappa shape index (κ2) is 5.70. The van der Waals surface area contributed by atoms with E-state index < -0.39 is 0 Å². The third-order valence-corrected chi connectivity index (χ3v) is 6.23. The van der Waals surface area contributed by atoms with Crippen LogP contribution in [0.3, 0.4) is 0 Å². The van der Waals surface area contributed by atoms with Gasteiger partial charge in [0.1, 0.15) is 0 Å². The molecular formula is C17H26N2S. The van der Waals surface area contributed by atoms with Gasteiger partial charge in [0.2, 0.25) is 0 Å². The minimum absolute atomic E-state index is 0.294. The summed E-state index contributed by atoms with van der Waals surface area (Å²) < 4.78 is 0. The molecule has 1 fully saturated rings. The van der Waals surface area contributed by atoms with Crippen LogP contribution >= 0.6 is 11.8 Å². The number of piperazine rings is 1. The molecule has 1 N–H and O–H groups in total. The van der Waals surface area contributed by atoms with Gasteiger partial charge in [0.25, 0.3) is 0 Å². The van der Waals surface area contributed by atoms with Crippen LogP contribution in [0.25, 0.3) is 0 Å². The molecule has 1 aromatic carbocycles. The third kappa shape index (κ3) is 2.90. The van der Waals surface area contributed by atoms with Crippen molar-refractivity contribution in [3.63, 3.8) is 0 Å². The molecule has 2 aliphatic rings. The van der Waals surface area contributed by atoms with Crippen LogP contribution in [0.5, 0.6) is 0 Å². The van der Waals surface area contributed by atoms with Gasteiger partial charge in [0.15, 0.2) is 0 Å². The predicted molar refractivity (Wildman–Crippen MR) is 87.5 cm³/mol. The molecule has 3 heteroatoms. The van der Waals surface area contributed by atoms with Crippen LogP contribution in [0.4, 0.5) is 0 Å². The van der Waals surface area contributed by atoms with Gasteiger partial charge in [-0.15, -0.1) is 11.8 Å². The molecule has 3 rings (SSSR count). The first-order valence-corrected chi connectivity index (χ1v) is 8.71. The van der Waals surface area contributed by atoms with Crippen molar-refractivity contribution in [1.29, 1.82) is 0 Å². The molecule has 0 amide bonds. The van der Waals surface area contributed by atoms with Gasteiger partial charge in [-0.1, -0.05) is 25.1 Å². The van der Waals surface area contributed by atoms with E-state index in [9.17, 15) is 0 Å². The van der Waals surface area contributed by atoms with E-state index in [0.717, 1.165) is 11.8 Å². The number of nitrogens with one attached hydrogen (secondary N) is 1. The standard InChI is InChI=1S/C17H26N2S/c1-4-17(3)12-19(13(2)10-18-17)11-15-9-14-7-5-6-8-16(14)20-15/h5-8,13,15,18H,4,9-12H2,1-3H3. The summed E-state index contributed by atoms with van der Waals surface area (Å²) in [5.41, 5.74) is 1.84. The molecule has 3 atom stereocenters. The maximum Gasteiger partial charge on any atom is 0.0278 e. The fraction of sp³-hybridized carbons (Fsp3) is 0.647. The zero-order valence-electron chi connectivity index (χ0n) is 12.9. The molecule has 0 saturated carbocycles. The number of hydrogen-bond acceptors (Lipinski definition) is 3. The van der Waals surface area contributed by atoms with Crippen molar-refractivity contribution in [3.8, 4) is 0 Å². The second-order valence-corrected chi connectivity index (χ2v) is 7.97. The normalized spacial score (nSPS) is 34.1. The molecular weight excluding hydrogens is 264 g/mol. The maximum absolute atomic E-state index is 3.72. The number of hydrogen-bond donors (Lipinski definition) is 1. The van der Waals surface area contributed by atoms with Gasteiger partial charge >= 0.3 is 0 Å². The van der Waals surface area contributed by atoms with Crippen LogP contribution in [0.2, 0.25) is 0 Å². The van der Waals surface area contributed by atoms with Gasteiger partial charge in [-0.3, -0.25) is 4.90 Å². The SMILES string of the molecule is CCC1(C)CN(CC2Cc3ccccc3S2)C(C)CN1. The van der Waals surface area contributed by atoms with Crippen molar-refractivity contribution < 1.29 is 0 Å². The van der Waals surface area contributed by atoms with Gasteiger partial charge in [-0.25, -0.2) is 0 Å². The van der Waals surface area contributed by atoms with Crippen molar-refractivity contribution >= 4 is 11.8 Å². The lowest BCUT2D eigenvalue weighted by molar-refractivity contribution is 0.0939. The van der Waals surface area contributed by atoms with E-state index in [0.29, 0.717) is 11.6 Å². The molecule has 0 radical (unpaired) electrons. The van der Waals surface area contributed by atoms with E-state index in [2.05, 4.69) is 67.0 Å². The van der Waals surface area contributed by atoms with Crippen LogP contribution in [-0.4, -0.2) is 41.4 Å². The number of thioether (sulfide) groups is 1. The third-order valence-electron chi connectivity index (χ3n) is 4.93. The summed E-state index contributed by atoms with van der Waals surface area (Å²) >= 11 is 2.08. The van der Waals surface area contributed by atoms with E-state index in [-0.39, 0.29) is 0 Å². The molecule has 2 heterocycles. The van der Waals surface area contributed by atoms with E-state index in [1.807, 2.05) is 0 Å². The topological polar surface area (TPSA) is 15.3 Å². The predicted octanol–water partition coefficient (Wildman–Crippen LogP) is 3.17. The Hall–Kier alpha value is -0.510. The van der Waals surface area contributed by atoms with Crippen molar-refractivity contribution in [2.45, 2.75) is 55.3 Å². The summed E-state index contributed by atoms with van der Waals surface area (Å²) in [4.78, 5) is 4.20. The molecule has 0 aliphatic carbocycles. The first-order chi connectivity index (χ1) is 9.59. The van der Waals surface area contributed by atoms with Crippen molar-refractivity contribution in [1.82, 2.24) is 10.2 Å². The summed E-state index contributed by atoms with van der Waals surface area (Å²) in [7, 11) is 0. The highest BCUT2D eigenvalue weighted by molar-refractivity contribution is 8.00. The van der Waals surface area contributed by atoms with Crippen LogP contribution < -0.4 is 5.32 Å². The first kappa shape index (κ1) is 14.4. The fourth-order valence-corrected chi connectivity index (χ4v) is 4.63. The zero-order chi connectivity index (χ0) is 14.2. The highest BCUT2D eigenvalue weighted by Crippen LogP contribution is 2.37. The highest BCUT2D eigenvalue weighted by atomic mass is 32.2. The lowest BCUT2D eigenvalue weighted by Crippen LogP contribution is -2.62. The second-order valence-electron chi connectivity index (χ2n) is 6.63. The minimum Gasteiger partial charge on any atom is -0.309 e. The lowest BCUT2D eigenvalue weighted by Gasteiger charge is -2.45. The average molecular weight is 290 g/mol. The molecule has 0 bridgehead atoms. The first-order valence-electron chi connectivity index (χ1n) is 7.83. The van der Waals surface area contributed by atoms with E-state index in [1.165, 1.54) is 30.8 Å². The van der Waals surface area contributed by atoms with Crippen molar-refractivity contribution in [3.05, 3.63) is 29.8 Å². The molecule has 0 aromatic heterocycles. The monoisotopic (exact) mass is 290 g/mol. The van der Waals surface area contributed by atoms with Gasteiger partial charge in [-0.05, 0) is 38.3 Å². The largest absolute Gasteiger partial charge is 0.309 e. The molecule has 2 nitrogen and oxygen atoms in total. The average Bonchev–Trinajstić information content (AvgIpc) is 2.85. The number of rotatable bonds is 3. The van der Waals surface area contributed by atoms with E-state index in [4.69, 9.17) is 0 Å². The molecule has 110 valence electrons. The summed E-state index contributed by atoms with van der Waals surface area (Å²) in [6.45, 7) is 10.5. The Morgan fingerprint density at radius 1 is 1.40 bits per heavy atom. The molecule has 0 spiro atoms. The fourth-order valence-electron chi connectivity index (χ4n) is 3.28. The van der Waals surface area contributed by atoms with Crippen molar-refractivity contribution in [2.24, 2.45) is 0 Å². The summed E-state index contributed by atoms with van der Waals surface area (Å²) in [5, 5.41) is 4.45. The van der Waals surface area contributed by atoms with Gasteiger partial charge in [0.05, 0.1) is 0 Å². The Labute approximate surface area is 127 Å². The zero-order valence-corrected chi connectivity index (χ0v) is 13.7. The van der Waals surface area contributed by atoms with Gasteiger partial charge in [-0.2, -0.15) is 0 Å². The Morgan fingerprint density at radius 2 is 2.20 bits per heavy atom. The Bertz CT molecular complexity index is 451. The molecule has 1 aromatic rings. The quantitative estimate of drug-likeness (QED) is 0.920. The Balaban J connectivity index is 1.63. The lowest BCUT2D eigenvalue weighted by atomic mass is 9.93. The molecule has 2 aliphatic heterocycles. The summed E-state index contributed by atoms with van der Waals surface area (Å²) in [5.74, 6) is 0. The Morgan fingerprint density at radius 3 is 2.95 bits per heavy atom. The van der Waals surface area contributed by atoms with Crippen LogP contribution in [-0.2, 0) is 6.42 Å². The highest BCUT2D eigenvalue weighted by Gasteiger charge is 2.34. The smallest absolute Gasteiger partial charge is 0.0278 e.